The highest BCUT2D eigenvalue weighted by Gasteiger charge is 2.33. The summed E-state index contributed by atoms with van der Waals surface area (Å²) in [5.74, 6) is -0.301. The van der Waals surface area contributed by atoms with Crippen LogP contribution in [0.2, 0.25) is 5.02 Å². The molecule has 0 amide bonds. The van der Waals surface area contributed by atoms with Crippen LogP contribution in [0, 0.1) is 6.92 Å². The molecule has 0 bridgehead atoms. The molecule has 0 heterocycles. The summed E-state index contributed by atoms with van der Waals surface area (Å²) in [6.45, 7) is 1.84. The summed E-state index contributed by atoms with van der Waals surface area (Å²) in [7, 11) is -2.76. The number of hydrogen-bond donors (Lipinski definition) is 1. The summed E-state index contributed by atoms with van der Waals surface area (Å²) < 4.78 is 32.8. The van der Waals surface area contributed by atoms with Gasteiger partial charge in [-0.25, -0.2) is 8.42 Å². The van der Waals surface area contributed by atoms with Crippen LogP contribution in [0.4, 0.5) is 0 Å². The number of halogens is 1. The number of carboxylic acid groups (broad SMARTS) is 1. The van der Waals surface area contributed by atoms with Crippen molar-refractivity contribution in [2.24, 2.45) is 0 Å². The van der Waals surface area contributed by atoms with E-state index in [-0.39, 0.29) is 11.3 Å². The van der Waals surface area contributed by atoms with E-state index in [1.807, 2.05) is 25.1 Å². The van der Waals surface area contributed by atoms with Crippen LogP contribution in [0.1, 0.15) is 11.1 Å². The second-order valence-electron chi connectivity index (χ2n) is 7.06. The zero-order valence-corrected chi connectivity index (χ0v) is 18.6. The molecule has 0 aliphatic carbocycles. The van der Waals surface area contributed by atoms with Crippen LogP contribution in [0.15, 0.2) is 77.7 Å². The van der Waals surface area contributed by atoms with E-state index in [0.717, 1.165) is 9.87 Å². The third-order valence-electron chi connectivity index (χ3n) is 4.83. The van der Waals surface area contributed by atoms with Gasteiger partial charge in [-0.15, -0.1) is 0 Å². The maximum absolute atomic E-state index is 13.0. The summed E-state index contributed by atoms with van der Waals surface area (Å²) in [5.41, 5.74) is 1.38. The molecule has 0 aliphatic rings. The van der Waals surface area contributed by atoms with Gasteiger partial charge in [-0.3, -0.25) is 4.79 Å². The smallest absolute Gasteiger partial charge is 0.322 e. The molecule has 8 heteroatoms. The molecule has 6 nitrogen and oxygen atoms in total. The van der Waals surface area contributed by atoms with Gasteiger partial charge in [-0.2, -0.15) is 4.31 Å². The molecule has 31 heavy (non-hydrogen) atoms. The van der Waals surface area contributed by atoms with E-state index in [2.05, 4.69) is 0 Å². The average molecular weight is 460 g/mol. The quantitative estimate of drug-likeness (QED) is 0.525. The first kappa shape index (κ1) is 22.8. The molecule has 162 valence electrons. The van der Waals surface area contributed by atoms with Crippen LogP contribution in [0.3, 0.4) is 0 Å². The monoisotopic (exact) mass is 459 g/mol. The number of rotatable bonds is 8. The topological polar surface area (TPSA) is 83.9 Å². The van der Waals surface area contributed by atoms with Crippen LogP contribution in [0.25, 0.3) is 0 Å². The number of aliphatic carboxylic acids is 1. The average Bonchev–Trinajstić information content (AvgIpc) is 2.74. The highest BCUT2D eigenvalue weighted by atomic mass is 35.5. The minimum Gasteiger partial charge on any atom is -0.480 e. The van der Waals surface area contributed by atoms with Crippen LogP contribution in [-0.2, 0) is 21.2 Å². The lowest BCUT2D eigenvalue weighted by molar-refractivity contribution is -0.141. The molecule has 0 aliphatic heterocycles. The first-order valence-electron chi connectivity index (χ1n) is 9.47. The lowest BCUT2D eigenvalue weighted by Gasteiger charge is -2.25. The lowest BCUT2D eigenvalue weighted by atomic mass is 10.0. The Hall–Kier alpha value is -2.87. The van der Waals surface area contributed by atoms with Gasteiger partial charge in [0.15, 0.2) is 0 Å². The Bertz CT molecular complexity index is 1160. The van der Waals surface area contributed by atoms with Crippen molar-refractivity contribution in [1.29, 1.82) is 0 Å². The number of carboxylic acids is 1. The summed E-state index contributed by atoms with van der Waals surface area (Å²) in [6, 6.07) is 18.8. The van der Waals surface area contributed by atoms with E-state index in [9.17, 15) is 18.3 Å². The SMILES string of the molecule is Cc1ccc(S(=O)(=O)N(C)[C@H](Cc2cc(Cl)ccc2Oc2ccccc2)C(=O)O)cc1. The second-order valence-corrected chi connectivity index (χ2v) is 9.49. The van der Waals surface area contributed by atoms with Gasteiger partial charge in [0.05, 0.1) is 4.90 Å². The Kier molecular flexibility index (Phi) is 7.00. The normalized spacial score (nSPS) is 12.5. The fraction of sp³-hybridized carbons (Fsp3) is 0.174. The second kappa shape index (κ2) is 9.51. The largest absolute Gasteiger partial charge is 0.480 e. The van der Waals surface area contributed by atoms with Crippen molar-refractivity contribution in [3.8, 4) is 11.5 Å². The minimum absolute atomic E-state index is 0.0266. The number of aryl methyl sites for hydroxylation is 1. The Morgan fingerprint density at radius 3 is 2.32 bits per heavy atom. The van der Waals surface area contributed by atoms with Crippen molar-refractivity contribution in [2.75, 3.05) is 7.05 Å². The number of nitrogens with zero attached hydrogens (tertiary/aromatic N) is 1. The van der Waals surface area contributed by atoms with Gasteiger partial charge in [0.2, 0.25) is 10.0 Å². The fourth-order valence-electron chi connectivity index (χ4n) is 3.05. The van der Waals surface area contributed by atoms with Crippen molar-refractivity contribution in [2.45, 2.75) is 24.3 Å². The molecule has 0 unspecified atom stereocenters. The van der Waals surface area contributed by atoms with Crippen LogP contribution in [0.5, 0.6) is 11.5 Å². The van der Waals surface area contributed by atoms with Gasteiger partial charge in [0.25, 0.3) is 0 Å². The van der Waals surface area contributed by atoms with E-state index >= 15 is 0 Å². The predicted molar refractivity (Wildman–Crippen MR) is 119 cm³/mol. The fourth-order valence-corrected chi connectivity index (χ4v) is 4.55. The molecule has 0 fully saturated rings. The Morgan fingerprint density at radius 1 is 1.06 bits per heavy atom. The highest BCUT2D eigenvalue weighted by Crippen LogP contribution is 2.30. The maximum atomic E-state index is 13.0. The van der Waals surface area contributed by atoms with Crippen LogP contribution < -0.4 is 4.74 Å². The van der Waals surface area contributed by atoms with E-state index in [0.29, 0.717) is 22.1 Å². The number of para-hydroxylation sites is 1. The summed E-state index contributed by atoms with van der Waals surface area (Å²) in [6.07, 6.45) is -0.125. The highest BCUT2D eigenvalue weighted by molar-refractivity contribution is 7.89. The molecular weight excluding hydrogens is 438 g/mol. The van der Waals surface area contributed by atoms with Gasteiger partial charge >= 0.3 is 5.97 Å². The third kappa shape index (κ3) is 5.44. The standard InChI is InChI=1S/C23H22ClNO5S/c1-16-8-11-20(12-9-16)31(28,29)25(2)21(23(26)27)15-17-14-18(24)10-13-22(17)30-19-6-4-3-5-7-19/h3-14,21H,15H2,1-2H3,(H,26,27)/t21-/m1/s1. The first-order chi connectivity index (χ1) is 14.7. The van der Waals surface area contributed by atoms with E-state index in [1.165, 1.54) is 19.2 Å². The van der Waals surface area contributed by atoms with E-state index in [1.54, 1.807) is 42.5 Å². The number of carbonyl (C=O) groups is 1. The van der Waals surface area contributed by atoms with Crippen molar-refractivity contribution in [1.82, 2.24) is 4.31 Å². The van der Waals surface area contributed by atoms with E-state index < -0.39 is 22.0 Å². The lowest BCUT2D eigenvalue weighted by Crippen LogP contribution is -2.43. The molecule has 0 saturated heterocycles. The van der Waals surface area contributed by atoms with Crippen molar-refractivity contribution < 1.29 is 23.1 Å². The number of likely N-dealkylation sites (N-methyl/N-ethyl adjacent to an activating group) is 1. The number of ether oxygens (including phenoxy) is 1. The Morgan fingerprint density at radius 2 is 1.71 bits per heavy atom. The van der Waals surface area contributed by atoms with Crippen molar-refractivity contribution in [3.05, 3.63) is 88.9 Å². The van der Waals surface area contributed by atoms with Crippen LogP contribution >= 0.6 is 11.6 Å². The summed E-state index contributed by atoms with van der Waals surface area (Å²) >= 11 is 6.13. The number of benzene rings is 3. The molecule has 1 N–H and O–H groups in total. The molecule has 3 rings (SSSR count). The number of hydrogen-bond acceptors (Lipinski definition) is 4. The van der Waals surface area contributed by atoms with Gasteiger partial charge < -0.3 is 9.84 Å². The number of sulfonamides is 1. The van der Waals surface area contributed by atoms with Gasteiger partial charge in [0, 0.05) is 18.5 Å². The predicted octanol–water partition coefficient (Wildman–Crippen LogP) is 4.76. The Labute approximate surface area is 186 Å². The van der Waals surface area contributed by atoms with Gasteiger partial charge in [0.1, 0.15) is 17.5 Å². The van der Waals surface area contributed by atoms with Gasteiger partial charge in [-0.1, -0.05) is 47.5 Å². The maximum Gasteiger partial charge on any atom is 0.322 e. The van der Waals surface area contributed by atoms with Gasteiger partial charge in [-0.05, 0) is 55.0 Å². The third-order valence-corrected chi connectivity index (χ3v) is 6.94. The minimum atomic E-state index is -4.02. The molecule has 0 spiro atoms. The van der Waals surface area contributed by atoms with Crippen LogP contribution in [-0.4, -0.2) is 36.9 Å². The van der Waals surface area contributed by atoms with E-state index in [4.69, 9.17) is 16.3 Å². The molecule has 3 aromatic carbocycles. The first-order valence-corrected chi connectivity index (χ1v) is 11.3. The zero-order chi connectivity index (χ0) is 22.6. The molecule has 0 radical (unpaired) electrons. The van der Waals surface area contributed by atoms with Crippen molar-refractivity contribution in [3.63, 3.8) is 0 Å². The molecule has 3 aromatic rings. The summed E-state index contributed by atoms with van der Waals surface area (Å²) in [5, 5.41) is 10.2. The Balaban J connectivity index is 1.93. The molecule has 0 aromatic heterocycles. The molecule has 1 atom stereocenters. The zero-order valence-electron chi connectivity index (χ0n) is 17.0. The molecular formula is C23H22ClNO5S. The van der Waals surface area contributed by atoms with Crippen molar-refractivity contribution >= 4 is 27.6 Å². The summed E-state index contributed by atoms with van der Waals surface area (Å²) in [4.78, 5) is 12.1. The molecule has 0 saturated carbocycles.